The van der Waals surface area contributed by atoms with E-state index >= 15 is 4.39 Å². The number of ether oxygens (including phenoxy) is 2. The number of sulfonamides is 1. The summed E-state index contributed by atoms with van der Waals surface area (Å²) in [5.74, 6) is -0.217. The first-order chi connectivity index (χ1) is 31.4. The molecule has 11 rings (SSSR count). The molecule has 0 unspecified atom stereocenters. The van der Waals surface area contributed by atoms with Crippen molar-refractivity contribution in [2.45, 2.75) is 118 Å². The Kier molecular flexibility index (Phi) is 10.5. The van der Waals surface area contributed by atoms with Gasteiger partial charge in [-0.05, 0) is 117 Å². The Bertz CT molecular complexity index is 2780. The average molecular weight is 905 g/mol. The summed E-state index contributed by atoms with van der Waals surface area (Å²) in [4.78, 5) is 42.2. The van der Waals surface area contributed by atoms with Crippen molar-refractivity contribution >= 4 is 44.0 Å². The first-order valence-electron chi connectivity index (χ1n) is 23.1. The number of alkyl halides is 1. The molecule has 0 bridgehead atoms. The lowest BCUT2D eigenvalue weighted by molar-refractivity contribution is -0.384. The highest BCUT2D eigenvalue weighted by Crippen LogP contribution is 2.55. The monoisotopic (exact) mass is 904 g/mol. The maximum atomic E-state index is 15.9. The molecule has 3 aromatic heterocycles. The van der Waals surface area contributed by atoms with Crippen LogP contribution in [0.15, 0.2) is 78.1 Å². The number of piperidine rings is 1. The zero-order valence-electron chi connectivity index (χ0n) is 36.1. The predicted octanol–water partition coefficient (Wildman–Crippen LogP) is 9.09. The highest BCUT2D eigenvalue weighted by Gasteiger charge is 2.50. The first kappa shape index (κ1) is 41.9. The number of fused-ring (bicyclic) bond motifs is 2. The fourth-order valence-electron chi connectivity index (χ4n) is 11.4. The maximum Gasteiger partial charge on any atom is 0.300 e. The van der Waals surface area contributed by atoms with Crippen LogP contribution in [0.25, 0.3) is 11.0 Å². The number of aromatic amines is 1. The van der Waals surface area contributed by atoms with Gasteiger partial charge in [0.05, 0.1) is 28.8 Å². The van der Waals surface area contributed by atoms with Crippen LogP contribution in [0, 0.1) is 15.5 Å². The molecule has 17 heteroatoms. The number of pyridine rings is 2. The van der Waals surface area contributed by atoms with Crippen molar-refractivity contribution in [2.75, 3.05) is 36.5 Å². The Morgan fingerprint density at radius 3 is 2.51 bits per heavy atom. The number of likely N-dealkylation sites (tertiary alicyclic amines) is 1. The van der Waals surface area contributed by atoms with E-state index in [-0.39, 0.29) is 42.3 Å². The normalized spacial score (nSPS) is 23.0. The van der Waals surface area contributed by atoms with Crippen LogP contribution in [-0.2, 0) is 10.0 Å². The molecule has 15 nitrogen and oxygen atoms in total. The van der Waals surface area contributed by atoms with Crippen molar-refractivity contribution in [3.63, 3.8) is 0 Å². The van der Waals surface area contributed by atoms with Crippen LogP contribution in [0.3, 0.4) is 0 Å². The minimum absolute atomic E-state index is 0.0841. The number of amides is 1. The fraction of sp³-hybridized carbons (Fsp3) is 0.479. The zero-order chi connectivity index (χ0) is 44.5. The Labute approximate surface area is 376 Å². The number of anilines is 2. The molecule has 2 atom stereocenters. The van der Waals surface area contributed by atoms with Crippen LogP contribution in [0.2, 0.25) is 0 Å². The molecule has 5 fully saturated rings. The van der Waals surface area contributed by atoms with Gasteiger partial charge < -0.3 is 24.7 Å². The molecule has 6 heterocycles. The number of H-pyrrole nitrogens is 1. The van der Waals surface area contributed by atoms with Crippen molar-refractivity contribution in [3.05, 3.63) is 99.9 Å². The minimum atomic E-state index is -4.81. The van der Waals surface area contributed by atoms with Crippen molar-refractivity contribution < 1.29 is 32.0 Å². The lowest BCUT2D eigenvalue weighted by atomic mass is 9.59. The SMILES string of the molecule is O=C(NS(=O)(=O)c1cc([N+](=O)[O-])c2c(n1)OC[C@H](C1(F)CCCCC1)N2)c1ccc(N2CCC3(CC2)CC(N2CCC[C@@H]2c2ccccc2C2CC2)C3)cc1Oc1cnc2[nH]ccc2c1. The van der Waals surface area contributed by atoms with E-state index in [9.17, 15) is 23.3 Å². The number of aromatic nitrogens is 3. The van der Waals surface area contributed by atoms with Gasteiger partial charge in [-0.3, -0.25) is 19.8 Å². The van der Waals surface area contributed by atoms with Crippen LogP contribution in [0.5, 0.6) is 17.4 Å². The minimum Gasteiger partial charge on any atom is -0.474 e. The third kappa shape index (κ3) is 7.93. The molecule has 6 aliphatic rings. The molecule has 1 amide bonds. The summed E-state index contributed by atoms with van der Waals surface area (Å²) in [5, 5.41) is 15.2. The van der Waals surface area contributed by atoms with E-state index in [1.165, 1.54) is 50.8 Å². The number of carbonyl (C=O) groups excluding carboxylic acids is 1. The van der Waals surface area contributed by atoms with Gasteiger partial charge in [-0.1, -0.05) is 43.5 Å². The number of hydrogen-bond acceptors (Lipinski definition) is 12. The Morgan fingerprint density at radius 1 is 0.954 bits per heavy atom. The van der Waals surface area contributed by atoms with E-state index in [1.54, 1.807) is 35.5 Å². The number of nitrogens with zero attached hydrogens (tertiary/aromatic N) is 5. The largest absolute Gasteiger partial charge is 0.474 e. The third-order valence-corrected chi connectivity index (χ3v) is 16.3. The summed E-state index contributed by atoms with van der Waals surface area (Å²) in [6, 6.07) is 18.8. The molecule has 0 radical (unpaired) electrons. The van der Waals surface area contributed by atoms with Gasteiger partial charge in [0, 0.05) is 48.5 Å². The molecule has 2 saturated heterocycles. The molecule has 3 saturated carbocycles. The second kappa shape index (κ2) is 16.3. The van der Waals surface area contributed by atoms with Crippen LogP contribution >= 0.6 is 0 Å². The summed E-state index contributed by atoms with van der Waals surface area (Å²) in [6.07, 6.45) is 15.7. The van der Waals surface area contributed by atoms with E-state index in [4.69, 9.17) is 9.47 Å². The number of nitro groups is 1. The van der Waals surface area contributed by atoms with Gasteiger partial charge in [0.25, 0.3) is 15.9 Å². The molecule has 3 aliphatic carbocycles. The Hall–Kier alpha value is -5.81. The van der Waals surface area contributed by atoms with Gasteiger partial charge in [-0.2, -0.15) is 13.4 Å². The van der Waals surface area contributed by atoms with Gasteiger partial charge in [-0.15, -0.1) is 0 Å². The van der Waals surface area contributed by atoms with Crippen LogP contribution in [-0.4, -0.2) is 83.1 Å². The maximum absolute atomic E-state index is 15.9. The van der Waals surface area contributed by atoms with E-state index in [0.717, 1.165) is 62.0 Å². The molecule has 5 aromatic rings. The summed E-state index contributed by atoms with van der Waals surface area (Å²) >= 11 is 0. The van der Waals surface area contributed by atoms with Crippen LogP contribution in [0.1, 0.15) is 117 Å². The summed E-state index contributed by atoms with van der Waals surface area (Å²) < 4.78 is 57.7. The number of benzene rings is 2. The molecule has 65 heavy (non-hydrogen) atoms. The van der Waals surface area contributed by atoms with E-state index in [1.807, 2.05) is 6.07 Å². The van der Waals surface area contributed by atoms with Crippen LogP contribution in [0.4, 0.5) is 21.5 Å². The number of hydrogen-bond donors (Lipinski definition) is 3. The highest BCUT2D eigenvalue weighted by molar-refractivity contribution is 7.90. The van der Waals surface area contributed by atoms with Gasteiger partial charge >= 0.3 is 5.69 Å². The molecular formula is C48H53FN8O7S. The molecule has 2 aromatic carbocycles. The van der Waals surface area contributed by atoms with Gasteiger partial charge in [0.15, 0.2) is 10.7 Å². The fourth-order valence-corrected chi connectivity index (χ4v) is 12.4. The smallest absolute Gasteiger partial charge is 0.300 e. The van der Waals surface area contributed by atoms with E-state index in [2.05, 4.69) is 59.1 Å². The lowest BCUT2D eigenvalue weighted by Crippen LogP contribution is -2.54. The first-order valence-corrected chi connectivity index (χ1v) is 24.6. The van der Waals surface area contributed by atoms with E-state index in [0.29, 0.717) is 41.7 Å². The topological polar surface area (TPSA) is 185 Å². The van der Waals surface area contributed by atoms with Crippen molar-refractivity contribution in [3.8, 4) is 17.4 Å². The van der Waals surface area contributed by atoms with Gasteiger partial charge in [-0.25, -0.2) is 14.1 Å². The second-order valence-corrected chi connectivity index (χ2v) is 20.8. The molecule has 3 N–H and O–H groups in total. The zero-order valence-corrected chi connectivity index (χ0v) is 37.0. The average Bonchev–Trinajstić information content (AvgIpc) is 3.84. The molecular weight excluding hydrogens is 852 g/mol. The van der Waals surface area contributed by atoms with Crippen molar-refractivity contribution in [1.29, 1.82) is 0 Å². The standard InChI is InChI=1S/C48H53FN8O7S/c49-48(15-4-1-5-16-48)41-29-63-46-43(52-41)39(57(59)60)25-42(53-46)65(61,62)54-45(58)37-13-12-32(24-40(37)64-34-23-31-14-19-50-44(31)51-28-34)55-21-17-47(18-22-55)26-33(27-47)56-20-6-9-38(56)36-8-3-2-7-35(36)30-10-11-30/h2-3,7-8,12-14,19,23-25,28,30,33,38,41,52H,1,4-6,9-11,15-18,20-22,26-27,29H2,(H,50,51)(H,54,58)/t38-,41-/m1/s1. The van der Waals surface area contributed by atoms with Crippen LogP contribution < -0.4 is 24.4 Å². The van der Waals surface area contributed by atoms with E-state index < -0.39 is 43.3 Å². The van der Waals surface area contributed by atoms with Crippen molar-refractivity contribution in [1.82, 2.24) is 24.6 Å². The summed E-state index contributed by atoms with van der Waals surface area (Å²) in [5.41, 5.74) is 2.29. The molecule has 1 spiro atoms. The Balaban J connectivity index is 0.809. The summed E-state index contributed by atoms with van der Waals surface area (Å²) in [7, 11) is -4.81. The summed E-state index contributed by atoms with van der Waals surface area (Å²) in [6.45, 7) is 2.60. The van der Waals surface area contributed by atoms with Crippen molar-refractivity contribution in [2.24, 2.45) is 5.41 Å². The van der Waals surface area contributed by atoms with Gasteiger partial charge in [0.2, 0.25) is 5.88 Å². The second-order valence-electron chi connectivity index (χ2n) is 19.2. The number of nitrogens with one attached hydrogen (secondary N) is 3. The Morgan fingerprint density at radius 2 is 1.74 bits per heavy atom. The third-order valence-electron chi connectivity index (χ3n) is 15.1. The lowest BCUT2D eigenvalue weighted by Gasteiger charge is -2.56. The highest BCUT2D eigenvalue weighted by atomic mass is 32.2. The quantitative estimate of drug-likeness (QED) is 0.0845. The molecule has 3 aliphatic heterocycles. The number of halogens is 1. The molecule has 340 valence electrons. The number of rotatable bonds is 11. The van der Waals surface area contributed by atoms with Gasteiger partial charge in [0.1, 0.15) is 29.4 Å². The predicted molar refractivity (Wildman–Crippen MR) is 242 cm³/mol. The number of carbonyl (C=O) groups is 1.